The van der Waals surface area contributed by atoms with Crippen molar-refractivity contribution in [2.24, 2.45) is 0 Å². The largest absolute Gasteiger partial charge is 0.493 e. The van der Waals surface area contributed by atoms with Gasteiger partial charge < -0.3 is 19.8 Å². The number of nitrogens with one attached hydrogen (secondary N) is 2. The molecule has 0 bridgehead atoms. The number of aromatic nitrogens is 2. The highest BCUT2D eigenvalue weighted by atomic mass is 19.2. The highest BCUT2D eigenvalue weighted by Gasteiger charge is 2.45. The first kappa shape index (κ1) is 29.1. The van der Waals surface area contributed by atoms with E-state index in [2.05, 4.69) is 15.3 Å². The standard InChI is InChI=1S/C31H31F3N4O4/c1-31(2)19-8-10-21-27(37-28(36-21)18-7-9-20(32)26(34)25(18)33)24(19)29(39)38(30(31)40)15-5-13-35-14-12-17-6-11-22(41-3)23(16-17)42-4/h6-11,16,35H,5,12-15H2,1-4H3,(H,36,37). The first-order valence-corrected chi connectivity index (χ1v) is 13.5. The number of methoxy groups -OCH3 is 2. The molecule has 5 rings (SSSR count). The van der Waals surface area contributed by atoms with Crippen LogP contribution in [0, 0.1) is 17.5 Å². The molecule has 0 saturated carbocycles. The number of nitrogens with zero attached hydrogens (tertiary/aromatic N) is 2. The molecule has 0 spiro atoms. The number of halogens is 3. The molecule has 2 N–H and O–H groups in total. The summed E-state index contributed by atoms with van der Waals surface area (Å²) in [7, 11) is 3.17. The predicted molar refractivity (Wildman–Crippen MR) is 151 cm³/mol. The van der Waals surface area contributed by atoms with E-state index in [1.165, 1.54) is 4.90 Å². The topological polar surface area (TPSA) is 96.5 Å². The van der Waals surface area contributed by atoms with Crippen LogP contribution < -0.4 is 14.8 Å². The molecule has 1 aliphatic rings. The van der Waals surface area contributed by atoms with Gasteiger partial charge in [0, 0.05) is 6.54 Å². The Bertz CT molecular complexity index is 1680. The van der Waals surface area contributed by atoms with Gasteiger partial charge in [-0.2, -0.15) is 0 Å². The third-order valence-corrected chi connectivity index (χ3v) is 7.63. The SMILES string of the molecule is COc1ccc(CCNCCCN2C(=O)c3c(ccc4[nH]c(-c5ccc(F)c(F)c5F)nc34)C(C)(C)C2=O)cc1OC. The number of benzene rings is 3. The highest BCUT2D eigenvalue weighted by molar-refractivity contribution is 6.18. The number of carbonyl (C=O) groups is 2. The third kappa shape index (κ3) is 5.09. The zero-order valence-corrected chi connectivity index (χ0v) is 23.7. The van der Waals surface area contributed by atoms with E-state index < -0.39 is 28.8 Å². The Morgan fingerprint density at radius 3 is 2.45 bits per heavy atom. The van der Waals surface area contributed by atoms with E-state index in [0.717, 1.165) is 24.1 Å². The van der Waals surface area contributed by atoms with E-state index in [1.54, 1.807) is 40.2 Å². The molecule has 2 amide bonds. The van der Waals surface area contributed by atoms with Gasteiger partial charge in [0.05, 0.1) is 36.3 Å². The molecule has 0 unspecified atom stereocenters. The number of aromatic amines is 1. The van der Waals surface area contributed by atoms with Crippen LogP contribution in [0.4, 0.5) is 13.2 Å². The molecule has 2 heterocycles. The van der Waals surface area contributed by atoms with Crippen molar-refractivity contribution in [1.82, 2.24) is 20.2 Å². The van der Waals surface area contributed by atoms with Gasteiger partial charge in [0.2, 0.25) is 5.91 Å². The van der Waals surface area contributed by atoms with Crippen molar-refractivity contribution >= 4 is 22.8 Å². The number of hydrogen-bond acceptors (Lipinski definition) is 6. The van der Waals surface area contributed by atoms with E-state index in [1.807, 2.05) is 18.2 Å². The van der Waals surface area contributed by atoms with Crippen molar-refractivity contribution in [3.63, 3.8) is 0 Å². The minimum Gasteiger partial charge on any atom is -0.493 e. The molecule has 0 fully saturated rings. The maximum atomic E-state index is 14.5. The van der Waals surface area contributed by atoms with Crippen LogP contribution in [0.5, 0.6) is 11.5 Å². The average Bonchev–Trinajstić information content (AvgIpc) is 3.42. The summed E-state index contributed by atoms with van der Waals surface area (Å²) >= 11 is 0. The van der Waals surface area contributed by atoms with Gasteiger partial charge in [-0.1, -0.05) is 12.1 Å². The number of ether oxygens (including phenoxy) is 2. The van der Waals surface area contributed by atoms with Crippen molar-refractivity contribution in [2.75, 3.05) is 33.9 Å². The van der Waals surface area contributed by atoms with Crippen molar-refractivity contribution in [3.05, 3.63) is 76.6 Å². The predicted octanol–water partition coefficient (Wildman–Crippen LogP) is 5.15. The maximum absolute atomic E-state index is 14.5. The first-order chi connectivity index (χ1) is 20.1. The summed E-state index contributed by atoms with van der Waals surface area (Å²) in [6.07, 6.45) is 1.27. The number of hydrogen-bond donors (Lipinski definition) is 2. The molecular formula is C31H31F3N4O4. The highest BCUT2D eigenvalue weighted by Crippen LogP contribution is 2.38. The van der Waals surface area contributed by atoms with Crippen molar-refractivity contribution in [1.29, 1.82) is 0 Å². The Hall–Kier alpha value is -4.38. The Labute approximate surface area is 240 Å². The number of imidazole rings is 1. The lowest BCUT2D eigenvalue weighted by Gasteiger charge is -2.37. The molecule has 1 aromatic heterocycles. The molecule has 0 saturated heterocycles. The first-order valence-electron chi connectivity index (χ1n) is 13.5. The summed E-state index contributed by atoms with van der Waals surface area (Å²) in [5, 5.41) is 3.34. The molecule has 0 aliphatic carbocycles. The van der Waals surface area contributed by atoms with Crippen LogP contribution in [-0.4, -0.2) is 60.5 Å². The number of imide groups is 1. The van der Waals surface area contributed by atoms with Crippen LogP contribution in [0.25, 0.3) is 22.4 Å². The van der Waals surface area contributed by atoms with Gasteiger partial charge in [-0.05, 0) is 81.2 Å². The van der Waals surface area contributed by atoms with Crippen molar-refractivity contribution in [2.45, 2.75) is 32.1 Å². The Kier molecular flexibility index (Phi) is 7.96. The quantitative estimate of drug-likeness (QED) is 0.153. The van der Waals surface area contributed by atoms with Gasteiger partial charge in [-0.15, -0.1) is 0 Å². The van der Waals surface area contributed by atoms with Gasteiger partial charge in [0.15, 0.2) is 29.0 Å². The summed E-state index contributed by atoms with van der Waals surface area (Å²) in [5.41, 5.74) is 1.14. The van der Waals surface area contributed by atoms with Gasteiger partial charge >= 0.3 is 0 Å². The zero-order valence-electron chi connectivity index (χ0n) is 23.7. The molecule has 0 atom stereocenters. The molecule has 3 aromatic carbocycles. The molecule has 220 valence electrons. The molecule has 0 radical (unpaired) electrons. The number of amides is 2. The fourth-order valence-electron chi connectivity index (χ4n) is 5.29. The minimum absolute atomic E-state index is 0.0532. The van der Waals surface area contributed by atoms with Crippen molar-refractivity contribution < 1.29 is 32.2 Å². The van der Waals surface area contributed by atoms with E-state index in [9.17, 15) is 22.8 Å². The Morgan fingerprint density at radius 2 is 1.71 bits per heavy atom. The number of carbonyl (C=O) groups excluding carboxylic acids is 2. The van der Waals surface area contributed by atoms with Gasteiger partial charge in [0.25, 0.3) is 5.91 Å². The van der Waals surface area contributed by atoms with E-state index in [0.29, 0.717) is 42.1 Å². The van der Waals surface area contributed by atoms with E-state index in [-0.39, 0.29) is 34.9 Å². The fourth-order valence-corrected chi connectivity index (χ4v) is 5.29. The smallest absolute Gasteiger partial charge is 0.263 e. The summed E-state index contributed by atoms with van der Waals surface area (Å²) in [5.74, 6) is -3.87. The fraction of sp³-hybridized carbons (Fsp3) is 0.323. The maximum Gasteiger partial charge on any atom is 0.263 e. The summed E-state index contributed by atoms with van der Waals surface area (Å²) in [6.45, 7) is 4.93. The number of fused-ring (bicyclic) bond motifs is 3. The lowest BCUT2D eigenvalue weighted by atomic mass is 9.76. The second kappa shape index (κ2) is 11.5. The number of rotatable bonds is 10. The Balaban J connectivity index is 1.30. The molecule has 1 aliphatic heterocycles. The van der Waals surface area contributed by atoms with E-state index >= 15 is 0 Å². The molecule has 42 heavy (non-hydrogen) atoms. The van der Waals surface area contributed by atoms with Gasteiger partial charge in [-0.3, -0.25) is 14.5 Å². The van der Waals surface area contributed by atoms with E-state index in [4.69, 9.17) is 9.47 Å². The summed E-state index contributed by atoms with van der Waals surface area (Å²) in [4.78, 5) is 35.6. The van der Waals surface area contributed by atoms with Crippen LogP contribution in [0.15, 0.2) is 42.5 Å². The van der Waals surface area contributed by atoms with Crippen LogP contribution in [0.3, 0.4) is 0 Å². The Morgan fingerprint density at radius 1 is 0.952 bits per heavy atom. The zero-order chi connectivity index (χ0) is 30.2. The van der Waals surface area contributed by atoms with Crippen LogP contribution in [-0.2, 0) is 16.6 Å². The van der Waals surface area contributed by atoms with Gasteiger partial charge in [-0.25, -0.2) is 18.2 Å². The summed E-state index contributed by atoms with van der Waals surface area (Å²) in [6, 6.07) is 11.0. The average molecular weight is 581 g/mol. The third-order valence-electron chi connectivity index (χ3n) is 7.63. The molecule has 11 heteroatoms. The second-order valence-corrected chi connectivity index (χ2v) is 10.6. The van der Waals surface area contributed by atoms with Crippen LogP contribution in [0.2, 0.25) is 0 Å². The molecular weight excluding hydrogens is 549 g/mol. The van der Waals surface area contributed by atoms with Crippen LogP contribution >= 0.6 is 0 Å². The lowest BCUT2D eigenvalue weighted by molar-refractivity contribution is -0.134. The lowest BCUT2D eigenvalue weighted by Crippen LogP contribution is -2.52. The second-order valence-electron chi connectivity index (χ2n) is 10.6. The monoisotopic (exact) mass is 580 g/mol. The van der Waals surface area contributed by atoms with Gasteiger partial charge in [0.1, 0.15) is 11.3 Å². The molecule has 8 nitrogen and oxygen atoms in total. The van der Waals surface area contributed by atoms with Crippen molar-refractivity contribution in [3.8, 4) is 22.9 Å². The van der Waals surface area contributed by atoms with Crippen LogP contribution in [0.1, 0.15) is 41.8 Å². The summed E-state index contributed by atoms with van der Waals surface area (Å²) < 4.78 is 52.5. The minimum atomic E-state index is -1.61. The normalized spacial score (nSPS) is 14.4. The molecule has 4 aromatic rings. The number of H-pyrrole nitrogens is 1.